The number of aromatic hydroxyl groups is 1. The summed E-state index contributed by atoms with van der Waals surface area (Å²) in [7, 11) is 2.99. The molecule has 11 nitrogen and oxygen atoms in total. The molecule has 0 spiro atoms. The van der Waals surface area contributed by atoms with E-state index in [1.807, 2.05) is 13.8 Å². The molecule has 6 atom stereocenters. The number of aliphatic hydroxyl groups excluding tert-OH is 3. The van der Waals surface area contributed by atoms with E-state index in [2.05, 4.69) is 5.32 Å². The molecule has 11 heteroatoms. The van der Waals surface area contributed by atoms with Crippen LogP contribution >= 0.6 is 0 Å². The molecule has 3 aliphatic rings. The number of nitrogens with zero attached hydrogens (tertiary/aromatic N) is 1. The summed E-state index contributed by atoms with van der Waals surface area (Å²) in [6, 6.07) is 2.08. The van der Waals surface area contributed by atoms with Crippen LogP contribution in [0.5, 0.6) is 5.75 Å². The number of carbonyl (C=O) groups is 3. The number of primary amides is 1. The number of phenols is 1. The predicted molar refractivity (Wildman–Crippen MR) is 136 cm³/mol. The van der Waals surface area contributed by atoms with E-state index < -0.39 is 75.6 Å². The zero-order valence-electron chi connectivity index (χ0n) is 22.0. The van der Waals surface area contributed by atoms with Crippen molar-refractivity contribution in [3.05, 3.63) is 51.5 Å². The highest BCUT2D eigenvalue weighted by Crippen LogP contribution is 2.55. The van der Waals surface area contributed by atoms with Crippen LogP contribution in [0, 0.1) is 17.8 Å². The fraction of sp³-hybridized carbons (Fsp3) is 0.519. The summed E-state index contributed by atoms with van der Waals surface area (Å²) in [5, 5.41) is 59.8. The van der Waals surface area contributed by atoms with Crippen LogP contribution in [0.2, 0.25) is 0 Å². The first-order valence-electron chi connectivity index (χ1n) is 12.6. The summed E-state index contributed by atoms with van der Waals surface area (Å²) in [5.41, 5.74) is 1.87. The van der Waals surface area contributed by atoms with Crippen LogP contribution in [-0.4, -0.2) is 86.3 Å². The number of carbonyl (C=O) groups excluding carboxylic acids is 3. The number of nitrogens with two attached hydrogens (primary N) is 1. The molecular weight excluding hydrogens is 494 g/mol. The number of amides is 1. The number of benzene rings is 1. The molecule has 8 N–H and O–H groups in total. The van der Waals surface area contributed by atoms with Crippen LogP contribution in [0.25, 0.3) is 0 Å². The highest BCUT2D eigenvalue weighted by molar-refractivity contribution is 6.25. The molecule has 0 heterocycles. The molecule has 2 unspecified atom stereocenters. The van der Waals surface area contributed by atoms with Crippen molar-refractivity contribution in [2.45, 2.75) is 51.0 Å². The van der Waals surface area contributed by atoms with Crippen molar-refractivity contribution in [3.8, 4) is 5.75 Å². The fourth-order valence-electron chi connectivity index (χ4n) is 6.30. The van der Waals surface area contributed by atoms with Crippen molar-refractivity contribution in [2.75, 3.05) is 20.6 Å². The van der Waals surface area contributed by atoms with E-state index in [1.165, 1.54) is 19.0 Å². The third kappa shape index (κ3) is 3.76. The highest BCUT2D eigenvalue weighted by atomic mass is 16.4. The second-order valence-electron chi connectivity index (χ2n) is 11.1. The number of fused-ring (bicyclic) bond motifs is 3. The first kappa shape index (κ1) is 27.8. The average molecular weight is 530 g/mol. The molecule has 0 bridgehead atoms. The van der Waals surface area contributed by atoms with Gasteiger partial charge >= 0.3 is 0 Å². The van der Waals surface area contributed by atoms with Crippen LogP contribution in [0.3, 0.4) is 0 Å². The largest absolute Gasteiger partial charge is 0.510 e. The Kier molecular flexibility index (Phi) is 6.94. The Bertz CT molecular complexity index is 1280. The van der Waals surface area contributed by atoms with Gasteiger partial charge in [-0.1, -0.05) is 32.9 Å². The van der Waals surface area contributed by atoms with Gasteiger partial charge < -0.3 is 36.6 Å². The third-order valence-corrected chi connectivity index (χ3v) is 8.08. The van der Waals surface area contributed by atoms with Crippen molar-refractivity contribution in [3.63, 3.8) is 0 Å². The summed E-state index contributed by atoms with van der Waals surface area (Å²) in [6.07, 6.45) is -1.61. The Morgan fingerprint density at radius 1 is 1.18 bits per heavy atom. The maximum atomic E-state index is 13.8. The minimum absolute atomic E-state index is 0.0886. The van der Waals surface area contributed by atoms with Crippen molar-refractivity contribution in [2.24, 2.45) is 23.5 Å². The zero-order valence-corrected chi connectivity index (χ0v) is 22.0. The quantitative estimate of drug-likeness (QED) is 0.254. The number of phenolic OH excluding ortho intramolecular Hbond substituents is 1. The van der Waals surface area contributed by atoms with Gasteiger partial charge in [-0.15, -0.1) is 0 Å². The standard InChI is InChI=1S/C27H35N3O8/c1-10(2)8-29-9-12-6-7-13-11(3)14-16(21(32)15(13)20(12)31)24(35)27(38)18(22(14)33)19(30(4)5)23(34)17(25(27)36)26(28)37/h6-7,10-11,14,18-19,22,29,31,33-35,38H,8-9H2,1-5H3,(H2,28,37)/t11-,14?,18?,19-,22-,27-/m0/s1. The Labute approximate surface area is 220 Å². The normalized spacial score (nSPS) is 31.0. The molecule has 0 fully saturated rings. The van der Waals surface area contributed by atoms with Gasteiger partial charge in [0.25, 0.3) is 5.91 Å². The Balaban J connectivity index is 1.93. The van der Waals surface area contributed by atoms with Gasteiger partial charge in [0.05, 0.1) is 23.6 Å². The van der Waals surface area contributed by atoms with E-state index in [4.69, 9.17) is 5.73 Å². The molecule has 0 saturated heterocycles. The molecule has 0 radical (unpaired) electrons. The number of Topliss-reactive ketones (excluding diaryl/α,β-unsaturated/α-hetero) is 2. The monoisotopic (exact) mass is 529 g/mol. The van der Waals surface area contributed by atoms with Gasteiger partial charge in [-0.05, 0) is 38.0 Å². The number of ketones is 2. The molecule has 3 aliphatic carbocycles. The highest BCUT2D eigenvalue weighted by Gasteiger charge is 2.67. The lowest BCUT2D eigenvalue weighted by Gasteiger charge is -2.53. The Hall–Kier alpha value is -3.25. The summed E-state index contributed by atoms with van der Waals surface area (Å²) in [4.78, 5) is 40.7. The molecule has 1 aromatic rings. The third-order valence-electron chi connectivity index (χ3n) is 8.08. The van der Waals surface area contributed by atoms with Gasteiger partial charge in [0.2, 0.25) is 5.78 Å². The van der Waals surface area contributed by atoms with E-state index in [-0.39, 0.29) is 17.9 Å². The number of nitrogens with one attached hydrogen (secondary N) is 1. The van der Waals surface area contributed by atoms with Crippen LogP contribution in [0.1, 0.15) is 48.2 Å². The minimum atomic E-state index is -2.92. The lowest BCUT2D eigenvalue weighted by atomic mass is 9.55. The molecule has 206 valence electrons. The van der Waals surface area contributed by atoms with Gasteiger partial charge in [0, 0.05) is 23.6 Å². The predicted octanol–water partition coefficient (Wildman–Crippen LogP) is 0.398. The second-order valence-corrected chi connectivity index (χ2v) is 11.1. The Morgan fingerprint density at radius 3 is 2.37 bits per heavy atom. The van der Waals surface area contributed by atoms with E-state index in [9.17, 15) is 39.9 Å². The lowest BCUT2D eigenvalue weighted by Crippen LogP contribution is -2.68. The van der Waals surface area contributed by atoms with Crippen molar-refractivity contribution in [1.29, 1.82) is 0 Å². The maximum Gasteiger partial charge on any atom is 0.255 e. The van der Waals surface area contributed by atoms with Gasteiger partial charge in [-0.3, -0.25) is 19.3 Å². The summed E-state index contributed by atoms with van der Waals surface area (Å²) in [5.74, 6) is -8.53. The molecule has 0 aromatic heterocycles. The van der Waals surface area contributed by atoms with Gasteiger partial charge in [0.1, 0.15) is 22.8 Å². The summed E-state index contributed by atoms with van der Waals surface area (Å²) in [6.45, 7) is 6.70. The van der Waals surface area contributed by atoms with Crippen LogP contribution < -0.4 is 11.1 Å². The Morgan fingerprint density at radius 2 is 1.82 bits per heavy atom. The minimum Gasteiger partial charge on any atom is -0.510 e. The smallest absolute Gasteiger partial charge is 0.255 e. The van der Waals surface area contributed by atoms with E-state index >= 15 is 0 Å². The van der Waals surface area contributed by atoms with E-state index in [1.54, 1.807) is 19.1 Å². The fourth-order valence-corrected chi connectivity index (χ4v) is 6.30. The molecular formula is C27H35N3O8. The summed E-state index contributed by atoms with van der Waals surface area (Å²) < 4.78 is 0. The number of likely N-dealkylation sites (N-methyl/N-ethyl adjacent to an activating group) is 1. The van der Waals surface area contributed by atoms with Crippen LogP contribution in [0.15, 0.2) is 34.8 Å². The maximum absolute atomic E-state index is 13.8. The average Bonchev–Trinajstić information content (AvgIpc) is 2.82. The number of aliphatic hydroxyl groups is 4. The second kappa shape index (κ2) is 9.49. The SMILES string of the molecule is CC(C)CNCc1ccc2c(c1O)C(=O)C1=C(O)[C@]3(O)C(=O)C(C(N)=O)=C(O)[C@@H](N(C)C)C3[C@@H](O)C1[C@H]2C. The van der Waals surface area contributed by atoms with Crippen molar-refractivity contribution < 1.29 is 39.9 Å². The topological polar surface area (TPSA) is 194 Å². The van der Waals surface area contributed by atoms with Crippen LogP contribution in [0.4, 0.5) is 0 Å². The molecule has 1 amide bonds. The first-order valence-corrected chi connectivity index (χ1v) is 12.6. The first-order chi connectivity index (χ1) is 17.7. The lowest BCUT2D eigenvalue weighted by molar-refractivity contribution is -0.162. The molecule has 1 aromatic carbocycles. The van der Waals surface area contributed by atoms with E-state index in [0.717, 1.165) is 0 Å². The number of hydrogen-bond acceptors (Lipinski definition) is 10. The number of hydrogen-bond donors (Lipinski definition) is 7. The number of rotatable bonds is 6. The molecule has 0 saturated carbocycles. The van der Waals surface area contributed by atoms with E-state index in [0.29, 0.717) is 23.6 Å². The van der Waals surface area contributed by atoms with Crippen molar-refractivity contribution in [1.82, 2.24) is 10.2 Å². The van der Waals surface area contributed by atoms with Crippen LogP contribution in [-0.2, 0) is 16.1 Å². The van der Waals surface area contributed by atoms with Gasteiger partial charge in [-0.2, -0.15) is 0 Å². The zero-order chi connectivity index (χ0) is 28.4. The van der Waals surface area contributed by atoms with Gasteiger partial charge in [-0.25, -0.2) is 0 Å². The van der Waals surface area contributed by atoms with Gasteiger partial charge in [0.15, 0.2) is 11.4 Å². The van der Waals surface area contributed by atoms with Crippen molar-refractivity contribution >= 4 is 17.5 Å². The molecule has 38 heavy (non-hydrogen) atoms. The molecule has 4 rings (SSSR count). The molecule has 0 aliphatic heterocycles. The summed E-state index contributed by atoms with van der Waals surface area (Å²) >= 11 is 0.